The zero-order chi connectivity index (χ0) is 32.6. The molecule has 1 aromatic heterocycles. The van der Waals surface area contributed by atoms with Gasteiger partial charge in [0, 0.05) is 23.2 Å². The van der Waals surface area contributed by atoms with Crippen LogP contribution < -0.4 is 16.0 Å². The lowest BCUT2D eigenvalue weighted by Gasteiger charge is -2.20. The normalized spacial score (nSPS) is 14.7. The van der Waals surface area contributed by atoms with Gasteiger partial charge in [-0.2, -0.15) is 0 Å². The molecule has 0 saturated heterocycles. The maximum atomic E-state index is 13.6. The first-order valence-corrected chi connectivity index (χ1v) is 14.0. The standard InChI is InChI=1S/C34H28F2N6O4/c1-20(43)25(8-5-13-37-17-21-9-11-28(35)29(36)14-21)32(44)42-31(22-6-3-2-4-7-22)34(46)40-23-10-12-30-26(15-23)27(33(45)41-30)16-24-18-38-19-39-24/h2-16,18-19,31,43H,17H2,1H3,(H,38,39)(H,40,46)(H,41,45)(H,42,44)/b8-5?,25-20?,27-16-,37-13?/t31-/m1/s1. The summed E-state index contributed by atoms with van der Waals surface area (Å²) in [5, 5.41) is 18.5. The molecule has 0 radical (unpaired) electrons. The van der Waals surface area contributed by atoms with Gasteiger partial charge in [0.15, 0.2) is 11.6 Å². The number of hydrogen-bond donors (Lipinski definition) is 5. The minimum absolute atomic E-state index is 0.0640. The van der Waals surface area contributed by atoms with Crippen molar-refractivity contribution in [3.63, 3.8) is 0 Å². The maximum Gasteiger partial charge on any atom is 0.256 e. The van der Waals surface area contributed by atoms with Crippen LogP contribution in [0.1, 0.15) is 35.3 Å². The molecule has 10 nitrogen and oxygen atoms in total. The number of aromatic nitrogens is 2. The molecular formula is C34H28F2N6O4. The number of nitrogens with one attached hydrogen (secondary N) is 4. The van der Waals surface area contributed by atoms with Crippen molar-refractivity contribution in [2.24, 2.45) is 4.99 Å². The number of aliphatic imine (C=N–C) groups is 1. The number of H-pyrrole nitrogens is 1. The van der Waals surface area contributed by atoms with Crippen LogP contribution >= 0.6 is 0 Å². The molecule has 3 amide bonds. The molecule has 5 N–H and O–H groups in total. The molecule has 0 bridgehead atoms. The minimum atomic E-state index is -1.16. The van der Waals surface area contributed by atoms with Gasteiger partial charge < -0.3 is 26.0 Å². The van der Waals surface area contributed by atoms with E-state index in [0.29, 0.717) is 39.3 Å². The van der Waals surface area contributed by atoms with Gasteiger partial charge in [-0.3, -0.25) is 19.4 Å². The molecule has 0 aliphatic carbocycles. The summed E-state index contributed by atoms with van der Waals surface area (Å²) >= 11 is 0. The first-order valence-electron chi connectivity index (χ1n) is 14.0. The Labute approximate surface area is 262 Å². The molecule has 0 unspecified atom stereocenters. The molecule has 3 aromatic carbocycles. The zero-order valence-corrected chi connectivity index (χ0v) is 24.4. The number of allylic oxidation sites excluding steroid dienone is 2. The van der Waals surface area contributed by atoms with Crippen molar-refractivity contribution in [1.82, 2.24) is 15.3 Å². The van der Waals surface area contributed by atoms with Crippen LogP contribution in [-0.2, 0) is 20.9 Å². The minimum Gasteiger partial charge on any atom is -0.512 e. The van der Waals surface area contributed by atoms with Crippen molar-refractivity contribution < 1.29 is 28.3 Å². The van der Waals surface area contributed by atoms with E-state index in [4.69, 9.17) is 0 Å². The van der Waals surface area contributed by atoms with Crippen molar-refractivity contribution >= 4 is 47.0 Å². The summed E-state index contributed by atoms with van der Waals surface area (Å²) in [6.07, 6.45) is 8.79. The number of rotatable bonds is 10. The van der Waals surface area contributed by atoms with Crippen LogP contribution in [0.25, 0.3) is 11.6 Å². The summed E-state index contributed by atoms with van der Waals surface area (Å²) in [5.41, 5.74) is 3.37. The number of carbonyl (C=O) groups excluding carboxylic acids is 3. The summed E-state index contributed by atoms with van der Waals surface area (Å²) < 4.78 is 26.6. The number of aliphatic hydroxyl groups excluding tert-OH is 1. The summed E-state index contributed by atoms with van der Waals surface area (Å²) in [5.74, 6) is -3.84. The van der Waals surface area contributed by atoms with Gasteiger partial charge in [0.1, 0.15) is 11.8 Å². The second kappa shape index (κ2) is 14.1. The Morgan fingerprint density at radius 3 is 2.59 bits per heavy atom. The van der Waals surface area contributed by atoms with Crippen molar-refractivity contribution in [3.8, 4) is 0 Å². The molecular weight excluding hydrogens is 594 g/mol. The van der Waals surface area contributed by atoms with E-state index in [2.05, 4.69) is 30.9 Å². The lowest BCUT2D eigenvalue weighted by atomic mass is 10.0. The van der Waals surface area contributed by atoms with E-state index in [9.17, 15) is 28.3 Å². The van der Waals surface area contributed by atoms with Crippen LogP contribution in [0.4, 0.5) is 20.2 Å². The highest BCUT2D eigenvalue weighted by molar-refractivity contribution is 6.35. The van der Waals surface area contributed by atoms with E-state index in [0.717, 1.165) is 12.1 Å². The summed E-state index contributed by atoms with van der Waals surface area (Å²) in [7, 11) is 0. The fraction of sp³-hybridized carbons (Fsp3) is 0.0882. The Kier molecular flexibility index (Phi) is 9.57. The van der Waals surface area contributed by atoms with Crippen LogP contribution in [0.2, 0.25) is 0 Å². The smallest absolute Gasteiger partial charge is 0.256 e. The summed E-state index contributed by atoms with van der Waals surface area (Å²) in [6.45, 7) is 1.39. The van der Waals surface area contributed by atoms with Crippen molar-refractivity contribution in [2.45, 2.75) is 19.5 Å². The van der Waals surface area contributed by atoms with E-state index in [-0.39, 0.29) is 23.8 Å². The predicted molar refractivity (Wildman–Crippen MR) is 171 cm³/mol. The number of anilines is 2. The third kappa shape index (κ3) is 7.48. The number of hydrogen-bond acceptors (Lipinski definition) is 6. The highest BCUT2D eigenvalue weighted by Crippen LogP contribution is 2.35. The molecule has 1 aliphatic rings. The second-order valence-electron chi connectivity index (χ2n) is 10.2. The molecule has 232 valence electrons. The van der Waals surface area contributed by atoms with E-state index < -0.39 is 29.5 Å². The van der Waals surface area contributed by atoms with Crippen molar-refractivity contribution in [1.29, 1.82) is 0 Å². The number of nitrogens with zero attached hydrogens (tertiary/aromatic N) is 2. The van der Waals surface area contributed by atoms with Crippen LogP contribution in [0.15, 0.2) is 108 Å². The summed E-state index contributed by atoms with van der Waals surface area (Å²) in [4.78, 5) is 50.5. The fourth-order valence-electron chi connectivity index (χ4n) is 4.64. The van der Waals surface area contributed by atoms with Gasteiger partial charge in [-0.1, -0.05) is 36.4 Å². The van der Waals surface area contributed by atoms with Crippen LogP contribution in [0.5, 0.6) is 0 Å². The largest absolute Gasteiger partial charge is 0.512 e. The molecule has 5 rings (SSSR count). The van der Waals surface area contributed by atoms with Gasteiger partial charge >= 0.3 is 0 Å². The van der Waals surface area contributed by atoms with Gasteiger partial charge in [-0.05, 0) is 66.6 Å². The van der Waals surface area contributed by atoms with Crippen LogP contribution in [-0.4, -0.2) is 39.0 Å². The third-order valence-electron chi connectivity index (χ3n) is 6.91. The van der Waals surface area contributed by atoms with Crippen LogP contribution in [0, 0.1) is 11.6 Å². The molecule has 12 heteroatoms. The number of amides is 3. The Balaban J connectivity index is 1.32. The topological polar surface area (TPSA) is 149 Å². The van der Waals surface area contributed by atoms with Gasteiger partial charge in [-0.15, -0.1) is 0 Å². The molecule has 2 heterocycles. The van der Waals surface area contributed by atoms with Crippen molar-refractivity contribution in [3.05, 3.63) is 137 Å². The lowest BCUT2D eigenvalue weighted by molar-refractivity contribution is -0.124. The Bertz CT molecular complexity index is 1900. The molecule has 0 spiro atoms. The zero-order valence-electron chi connectivity index (χ0n) is 24.4. The third-order valence-corrected chi connectivity index (χ3v) is 6.91. The number of aromatic amines is 1. The Morgan fingerprint density at radius 2 is 1.87 bits per heavy atom. The SMILES string of the molecule is CC(O)=C(C=CC=NCc1ccc(F)c(F)c1)C(=O)N[C@@H](C(=O)Nc1ccc2c(c1)/C(=C/c1cnc[nH]1)C(=O)N2)c1ccccc1. The van der Waals surface area contributed by atoms with E-state index in [1.165, 1.54) is 37.7 Å². The molecule has 0 saturated carbocycles. The molecule has 0 fully saturated rings. The van der Waals surface area contributed by atoms with Gasteiger partial charge in [-0.25, -0.2) is 13.8 Å². The fourth-order valence-corrected chi connectivity index (χ4v) is 4.64. The Hall–Kier alpha value is -6.17. The number of imidazole rings is 1. The van der Waals surface area contributed by atoms with Gasteiger partial charge in [0.05, 0.1) is 35.9 Å². The second-order valence-corrected chi connectivity index (χ2v) is 10.2. The van der Waals surface area contributed by atoms with Gasteiger partial charge in [0.25, 0.3) is 17.7 Å². The monoisotopic (exact) mass is 622 g/mol. The molecule has 46 heavy (non-hydrogen) atoms. The van der Waals surface area contributed by atoms with Gasteiger partial charge in [0.2, 0.25) is 0 Å². The molecule has 1 atom stereocenters. The number of halogens is 2. The highest BCUT2D eigenvalue weighted by atomic mass is 19.2. The molecule has 4 aromatic rings. The number of aliphatic hydroxyl groups is 1. The first-order chi connectivity index (χ1) is 22.2. The van der Waals surface area contributed by atoms with Crippen molar-refractivity contribution in [2.75, 3.05) is 10.6 Å². The Morgan fingerprint density at radius 1 is 1.07 bits per heavy atom. The first kappa shape index (κ1) is 31.3. The quantitative estimate of drug-likeness (QED) is 0.0672. The number of fused-ring (bicyclic) bond motifs is 1. The lowest BCUT2D eigenvalue weighted by Crippen LogP contribution is -2.37. The van der Waals surface area contributed by atoms with E-state index >= 15 is 0 Å². The highest BCUT2D eigenvalue weighted by Gasteiger charge is 2.27. The number of benzene rings is 3. The average molecular weight is 623 g/mol. The average Bonchev–Trinajstić information content (AvgIpc) is 3.67. The number of carbonyl (C=O) groups is 3. The maximum absolute atomic E-state index is 13.6. The van der Waals surface area contributed by atoms with E-state index in [1.54, 1.807) is 60.8 Å². The van der Waals surface area contributed by atoms with E-state index in [1.807, 2.05) is 0 Å². The van der Waals surface area contributed by atoms with Crippen LogP contribution in [0.3, 0.4) is 0 Å². The predicted octanol–water partition coefficient (Wildman–Crippen LogP) is 5.64. The molecule has 1 aliphatic heterocycles. The summed E-state index contributed by atoms with van der Waals surface area (Å²) in [6, 6.07) is 15.8.